The Labute approximate surface area is 507 Å². The fourth-order valence-electron chi connectivity index (χ4n) is 12.6. The highest BCUT2D eigenvalue weighted by Crippen LogP contribution is 2.44. The van der Waals surface area contributed by atoms with Crippen molar-refractivity contribution in [3.8, 4) is 125 Å². The van der Waals surface area contributed by atoms with Gasteiger partial charge in [-0.05, 0) is 159 Å². The second-order valence-electron chi connectivity index (χ2n) is 21.7. The van der Waals surface area contributed by atoms with Gasteiger partial charge < -0.3 is 9.13 Å². The maximum atomic E-state index is 10.3. The van der Waals surface area contributed by atoms with E-state index >= 15 is 0 Å². The van der Waals surface area contributed by atoms with Gasteiger partial charge in [-0.25, -0.2) is 9.97 Å². The van der Waals surface area contributed by atoms with Crippen LogP contribution < -0.4 is 0 Å². The second-order valence-corrected chi connectivity index (χ2v) is 21.7. The molecule has 0 atom stereocenters. The van der Waals surface area contributed by atoms with Gasteiger partial charge in [0.2, 0.25) is 0 Å². The summed E-state index contributed by atoms with van der Waals surface area (Å²) in [7, 11) is 0. The van der Waals surface area contributed by atoms with Crippen LogP contribution in [0.1, 0.15) is 22.3 Å². The van der Waals surface area contributed by atoms with Gasteiger partial charge in [-0.15, -0.1) is 0 Å². The molecule has 0 saturated carbocycles. The van der Waals surface area contributed by atoms with E-state index in [1.165, 1.54) is 0 Å². The minimum atomic E-state index is 0.568. The first-order chi connectivity index (χ1) is 43.4. The lowest BCUT2D eigenvalue weighted by atomic mass is 9.96. The largest absolute Gasteiger partial charge is 0.309 e. The van der Waals surface area contributed by atoms with Gasteiger partial charge in [0.15, 0.2) is 5.82 Å². The normalized spacial score (nSPS) is 11.1. The van der Waals surface area contributed by atoms with Crippen LogP contribution >= 0.6 is 0 Å². The molecular formula is C80H46N8. The van der Waals surface area contributed by atoms with Gasteiger partial charge in [0.05, 0.1) is 85.7 Å². The lowest BCUT2D eigenvalue weighted by Gasteiger charge is -2.18. The molecule has 0 saturated heterocycles. The molecule has 0 radical (unpaired) electrons. The summed E-state index contributed by atoms with van der Waals surface area (Å²) in [4.78, 5) is 10.7. The van der Waals surface area contributed by atoms with Gasteiger partial charge in [0, 0.05) is 49.5 Å². The third-order valence-corrected chi connectivity index (χ3v) is 16.7. The van der Waals surface area contributed by atoms with Crippen LogP contribution in [-0.2, 0) is 0 Å². The first-order valence-electron chi connectivity index (χ1n) is 28.9. The van der Waals surface area contributed by atoms with E-state index in [-0.39, 0.29) is 0 Å². The highest BCUT2D eigenvalue weighted by atomic mass is 15.0. The third kappa shape index (κ3) is 9.00. The Morgan fingerprint density at radius 2 is 0.591 bits per heavy atom. The summed E-state index contributed by atoms with van der Waals surface area (Å²) in [5.41, 5.74) is 21.2. The molecule has 0 spiro atoms. The molecule has 0 aliphatic rings. The van der Waals surface area contributed by atoms with E-state index < -0.39 is 0 Å². The van der Waals surface area contributed by atoms with Crippen molar-refractivity contribution in [2.45, 2.75) is 0 Å². The van der Waals surface area contributed by atoms with Crippen LogP contribution in [0.2, 0.25) is 0 Å². The number of nitriles is 4. The predicted molar refractivity (Wildman–Crippen MR) is 353 cm³/mol. The maximum Gasteiger partial charge on any atom is 0.160 e. The number of nitrogens with zero attached hydrogens (tertiary/aromatic N) is 8. The average molecular weight is 1120 g/mol. The maximum absolute atomic E-state index is 10.3. The highest BCUT2D eigenvalue weighted by molar-refractivity contribution is 6.14. The van der Waals surface area contributed by atoms with E-state index in [0.29, 0.717) is 28.1 Å². The molecule has 0 fully saturated rings. The van der Waals surface area contributed by atoms with E-state index in [1.807, 2.05) is 133 Å². The minimum Gasteiger partial charge on any atom is -0.309 e. The molecule has 12 aromatic carbocycles. The zero-order valence-corrected chi connectivity index (χ0v) is 47.1. The van der Waals surface area contributed by atoms with Crippen LogP contribution in [0.25, 0.3) is 145 Å². The summed E-state index contributed by atoms with van der Waals surface area (Å²) < 4.78 is 4.63. The van der Waals surface area contributed by atoms with E-state index in [1.54, 1.807) is 0 Å². The Balaban J connectivity index is 0.995. The van der Waals surface area contributed by atoms with Crippen molar-refractivity contribution in [1.29, 1.82) is 21.0 Å². The van der Waals surface area contributed by atoms with E-state index in [9.17, 15) is 21.0 Å². The Bertz CT molecular complexity index is 5220. The molecule has 0 amide bonds. The molecule has 0 N–H and O–H groups in total. The van der Waals surface area contributed by atoms with Gasteiger partial charge in [0.1, 0.15) is 0 Å². The van der Waals surface area contributed by atoms with Crippen molar-refractivity contribution in [2.75, 3.05) is 0 Å². The molecule has 406 valence electrons. The van der Waals surface area contributed by atoms with Crippen molar-refractivity contribution in [3.05, 3.63) is 301 Å². The SMILES string of the molecule is N#Cc1ccccc1-c1ccc2c(c1)c1cc(-c3ccccc3C#N)ccc1n2-c1cccc(-c2cc(-c3nc(-c4ccccc4)cc(-c4ccccc4)n3)ccc2-n2c3ccc(-c4ccccc4C#N)cc3c3cc(-c4ccccc4C#N)ccc32)c1. The summed E-state index contributed by atoms with van der Waals surface area (Å²) in [6.45, 7) is 0. The number of hydrogen-bond acceptors (Lipinski definition) is 6. The molecule has 8 nitrogen and oxygen atoms in total. The second kappa shape index (κ2) is 21.8. The lowest BCUT2D eigenvalue weighted by Crippen LogP contribution is -2.01. The van der Waals surface area contributed by atoms with Crippen LogP contribution in [0.4, 0.5) is 0 Å². The van der Waals surface area contributed by atoms with E-state index in [2.05, 4.69) is 179 Å². The van der Waals surface area contributed by atoms with Gasteiger partial charge in [-0.1, -0.05) is 170 Å². The van der Waals surface area contributed by atoms with Gasteiger partial charge in [-0.3, -0.25) is 0 Å². The van der Waals surface area contributed by atoms with E-state index in [4.69, 9.17) is 9.97 Å². The quantitative estimate of drug-likeness (QED) is 0.134. The van der Waals surface area contributed by atoms with Crippen LogP contribution in [0.15, 0.2) is 279 Å². The summed E-state index contributed by atoms with van der Waals surface area (Å²) >= 11 is 0. The number of rotatable bonds is 10. The lowest BCUT2D eigenvalue weighted by molar-refractivity contribution is 1.16. The van der Waals surface area contributed by atoms with Crippen LogP contribution in [0.5, 0.6) is 0 Å². The van der Waals surface area contributed by atoms with Crippen molar-refractivity contribution < 1.29 is 0 Å². The molecule has 0 aliphatic carbocycles. The molecule has 0 unspecified atom stereocenters. The number of hydrogen-bond donors (Lipinski definition) is 0. The monoisotopic (exact) mass is 1120 g/mol. The highest BCUT2D eigenvalue weighted by Gasteiger charge is 2.23. The zero-order chi connectivity index (χ0) is 59.2. The zero-order valence-electron chi connectivity index (χ0n) is 47.1. The van der Waals surface area contributed by atoms with Crippen LogP contribution in [0, 0.1) is 45.3 Å². The van der Waals surface area contributed by atoms with Crippen molar-refractivity contribution in [1.82, 2.24) is 19.1 Å². The summed E-state index contributed by atoms with van der Waals surface area (Å²) in [5, 5.41) is 45.2. The number of benzene rings is 12. The fraction of sp³-hybridized carbons (Fsp3) is 0. The molecule has 15 aromatic rings. The van der Waals surface area contributed by atoms with Gasteiger partial charge in [-0.2, -0.15) is 21.0 Å². The topological polar surface area (TPSA) is 131 Å². The molecule has 0 bridgehead atoms. The van der Waals surface area contributed by atoms with Crippen LogP contribution in [0.3, 0.4) is 0 Å². The first kappa shape index (κ1) is 52.1. The van der Waals surface area contributed by atoms with Crippen molar-refractivity contribution in [3.63, 3.8) is 0 Å². The Kier molecular flexibility index (Phi) is 12.9. The average Bonchev–Trinajstić information content (AvgIpc) is 1.64. The van der Waals surface area contributed by atoms with E-state index in [0.717, 1.165) is 139 Å². The Morgan fingerprint density at radius 1 is 0.250 bits per heavy atom. The molecule has 3 aromatic heterocycles. The smallest absolute Gasteiger partial charge is 0.160 e. The van der Waals surface area contributed by atoms with Crippen LogP contribution in [-0.4, -0.2) is 19.1 Å². The Morgan fingerprint density at radius 3 is 0.989 bits per heavy atom. The Hall–Kier alpha value is -12.7. The summed E-state index contributed by atoms with van der Waals surface area (Å²) in [5.74, 6) is 0.568. The first-order valence-corrected chi connectivity index (χ1v) is 28.9. The van der Waals surface area contributed by atoms with Crippen molar-refractivity contribution >= 4 is 43.6 Å². The number of aromatic nitrogens is 4. The molecule has 15 rings (SSSR count). The van der Waals surface area contributed by atoms with Crippen molar-refractivity contribution in [2.24, 2.45) is 0 Å². The third-order valence-electron chi connectivity index (χ3n) is 16.7. The molecule has 88 heavy (non-hydrogen) atoms. The fourth-order valence-corrected chi connectivity index (χ4v) is 12.6. The number of fused-ring (bicyclic) bond motifs is 6. The summed E-state index contributed by atoms with van der Waals surface area (Å²) in [6.07, 6.45) is 0. The minimum absolute atomic E-state index is 0.568. The predicted octanol–water partition coefficient (Wildman–Crippen LogP) is 19.5. The molecular weight excluding hydrogens is 1070 g/mol. The molecule has 8 heteroatoms. The summed E-state index contributed by atoms with van der Waals surface area (Å²) in [6, 6.07) is 104. The van der Waals surface area contributed by atoms with Gasteiger partial charge in [0.25, 0.3) is 0 Å². The molecule has 0 aliphatic heterocycles. The van der Waals surface area contributed by atoms with Gasteiger partial charge >= 0.3 is 0 Å². The molecule has 3 heterocycles. The standard InChI is InChI=1S/C80H46N8/c81-47-59-20-7-11-26-64(59)54-30-35-76-69(41-54)70-42-55(65-27-12-8-21-60(65)48-82)31-36-77(70)87(76)63-25-15-24-53(40-63)68-45-58(80-85-73(51-16-3-1-4-17-51)46-74(86-80)52-18-5-2-6-19-52)34-39-75(68)88-78-37-32-56(66-28-13-9-22-61(66)49-83)43-71(78)72-44-57(33-38-79(72)88)67-29-14-10-23-62(67)50-84/h1-46H.